The van der Waals surface area contributed by atoms with Crippen LogP contribution in [0.4, 0.5) is 0 Å². The second-order valence-electron chi connectivity index (χ2n) is 5.38. The number of carboxylic acids is 1. The monoisotopic (exact) mass is 319 g/mol. The van der Waals surface area contributed by atoms with Gasteiger partial charge in [0.05, 0.1) is 0 Å². The van der Waals surface area contributed by atoms with Gasteiger partial charge >= 0.3 is 5.97 Å². The number of carbonyl (C=O) groups is 1. The first-order chi connectivity index (χ1) is 9.09. The number of aromatic carboxylic acids is 1. The molecule has 5 nitrogen and oxygen atoms in total. The van der Waals surface area contributed by atoms with Crippen LogP contribution in [0.3, 0.4) is 0 Å². The largest absolute Gasteiger partial charge is 0.477 e. The Kier molecular flexibility index (Phi) is 5.34. The first kappa shape index (κ1) is 17.1. The summed E-state index contributed by atoms with van der Waals surface area (Å²) in [5.41, 5.74) is 0.482. The molecule has 0 radical (unpaired) electrons. The molecule has 0 aliphatic rings. The first-order valence-electron chi connectivity index (χ1n) is 6.38. The number of hydrogen-bond donors (Lipinski definition) is 1. The molecule has 0 bridgehead atoms. The van der Waals surface area contributed by atoms with Gasteiger partial charge in [0.2, 0.25) is 10.0 Å². The normalized spacial score (nSPS) is 13.9. The lowest BCUT2D eigenvalue weighted by atomic mass is 10.1. The Bertz CT molecular complexity index is 590. The fourth-order valence-corrected chi connectivity index (χ4v) is 5.06. The summed E-state index contributed by atoms with van der Waals surface area (Å²) in [6, 6.07) is -0.180. The van der Waals surface area contributed by atoms with Crippen molar-refractivity contribution in [2.45, 2.75) is 45.1 Å². The molecular formula is C13H21NO4S2. The summed E-state index contributed by atoms with van der Waals surface area (Å²) in [7, 11) is -2.28. The SMILES string of the molecule is Cc1csc(C(=O)O)c1S(=O)(=O)N(C)C(C)CC(C)C. The van der Waals surface area contributed by atoms with Crippen LogP contribution in [-0.2, 0) is 10.0 Å². The number of aryl methyl sites for hydroxylation is 1. The molecule has 0 spiro atoms. The Hall–Kier alpha value is -0.920. The van der Waals surface area contributed by atoms with Gasteiger partial charge in [0.15, 0.2) is 0 Å². The smallest absolute Gasteiger partial charge is 0.347 e. The topological polar surface area (TPSA) is 74.7 Å². The molecule has 7 heteroatoms. The predicted octanol–water partition coefficient (Wildman–Crippen LogP) is 2.81. The minimum absolute atomic E-state index is 0.0758. The summed E-state index contributed by atoms with van der Waals surface area (Å²) in [4.78, 5) is 11.0. The van der Waals surface area contributed by atoms with Gasteiger partial charge in [-0.1, -0.05) is 13.8 Å². The van der Waals surface area contributed by atoms with Crippen LogP contribution in [0.1, 0.15) is 42.4 Å². The van der Waals surface area contributed by atoms with Crippen LogP contribution < -0.4 is 0 Å². The molecule has 1 aromatic rings. The number of thiophene rings is 1. The minimum Gasteiger partial charge on any atom is -0.477 e. The standard InChI is InChI=1S/C13H21NO4S2/c1-8(2)6-10(4)14(5)20(17,18)12-9(3)7-19-11(12)13(15)16/h7-8,10H,6H2,1-5H3,(H,15,16). The highest BCUT2D eigenvalue weighted by Crippen LogP contribution is 2.30. The lowest BCUT2D eigenvalue weighted by Crippen LogP contribution is -2.36. The lowest BCUT2D eigenvalue weighted by Gasteiger charge is -2.26. The Labute approximate surface area is 124 Å². The van der Waals surface area contributed by atoms with Crippen molar-refractivity contribution in [3.63, 3.8) is 0 Å². The van der Waals surface area contributed by atoms with Crippen LogP contribution in [0.2, 0.25) is 0 Å². The minimum atomic E-state index is -3.78. The van der Waals surface area contributed by atoms with Gasteiger partial charge in [-0.15, -0.1) is 11.3 Å². The third kappa shape index (κ3) is 3.39. The van der Waals surface area contributed by atoms with E-state index in [9.17, 15) is 13.2 Å². The number of sulfonamides is 1. The Balaban J connectivity index is 3.23. The fourth-order valence-electron chi connectivity index (χ4n) is 2.11. The van der Waals surface area contributed by atoms with Crippen LogP contribution in [0.5, 0.6) is 0 Å². The number of carboxylic acid groups (broad SMARTS) is 1. The Morgan fingerprint density at radius 2 is 1.95 bits per heavy atom. The molecule has 114 valence electrons. The van der Waals surface area contributed by atoms with Crippen LogP contribution in [0, 0.1) is 12.8 Å². The maximum atomic E-state index is 12.6. The molecule has 1 N–H and O–H groups in total. The van der Waals surface area contributed by atoms with Gasteiger partial charge in [0.25, 0.3) is 0 Å². The zero-order chi connectivity index (χ0) is 15.7. The van der Waals surface area contributed by atoms with E-state index in [1.54, 1.807) is 12.3 Å². The van der Waals surface area contributed by atoms with Crippen molar-refractivity contribution in [1.82, 2.24) is 4.31 Å². The molecule has 0 saturated carbocycles. The van der Waals surface area contributed by atoms with Gasteiger partial charge in [0, 0.05) is 13.1 Å². The molecule has 0 fully saturated rings. The van der Waals surface area contributed by atoms with Gasteiger partial charge < -0.3 is 5.11 Å². The van der Waals surface area contributed by atoms with Gasteiger partial charge in [-0.2, -0.15) is 4.31 Å². The van der Waals surface area contributed by atoms with E-state index in [4.69, 9.17) is 5.11 Å². The van der Waals surface area contributed by atoms with Crippen molar-refractivity contribution >= 4 is 27.3 Å². The van der Waals surface area contributed by atoms with Crippen LogP contribution >= 0.6 is 11.3 Å². The number of hydrogen-bond acceptors (Lipinski definition) is 4. The van der Waals surface area contributed by atoms with E-state index < -0.39 is 16.0 Å². The lowest BCUT2D eigenvalue weighted by molar-refractivity contribution is 0.0698. The van der Waals surface area contributed by atoms with E-state index >= 15 is 0 Å². The second kappa shape index (κ2) is 6.24. The Morgan fingerprint density at radius 3 is 2.40 bits per heavy atom. The maximum Gasteiger partial charge on any atom is 0.347 e. The van der Waals surface area contributed by atoms with E-state index in [0.717, 1.165) is 17.8 Å². The molecule has 0 aliphatic carbocycles. The quantitative estimate of drug-likeness (QED) is 0.875. The summed E-state index contributed by atoms with van der Waals surface area (Å²) < 4.78 is 26.5. The van der Waals surface area contributed by atoms with Gasteiger partial charge in [0.1, 0.15) is 9.77 Å². The van der Waals surface area contributed by atoms with Crippen molar-refractivity contribution in [3.8, 4) is 0 Å². The number of nitrogens with zero attached hydrogens (tertiary/aromatic N) is 1. The fraction of sp³-hybridized carbons (Fsp3) is 0.615. The summed E-state index contributed by atoms with van der Waals surface area (Å²) in [6.07, 6.45) is 0.724. The van der Waals surface area contributed by atoms with E-state index in [1.165, 1.54) is 11.4 Å². The van der Waals surface area contributed by atoms with E-state index in [2.05, 4.69) is 0 Å². The summed E-state index contributed by atoms with van der Waals surface area (Å²) in [5.74, 6) is -0.836. The molecule has 1 unspecified atom stereocenters. The molecule has 0 aliphatic heterocycles. The third-order valence-electron chi connectivity index (χ3n) is 3.18. The molecule has 0 amide bonds. The zero-order valence-corrected chi connectivity index (χ0v) is 14.0. The van der Waals surface area contributed by atoms with E-state index in [1.807, 2.05) is 20.8 Å². The van der Waals surface area contributed by atoms with Crippen molar-refractivity contribution in [1.29, 1.82) is 0 Å². The van der Waals surface area contributed by atoms with Gasteiger partial charge in [-0.25, -0.2) is 13.2 Å². The van der Waals surface area contributed by atoms with Gasteiger partial charge in [-0.05, 0) is 37.1 Å². The molecular weight excluding hydrogens is 298 g/mol. The first-order valence-corrected chi connectivity index (χ1v) is 8.70. The van der Waals surface area contributed by atoms with Crippen molar-refractivity contribution < 1.29 is 18.3 Å². The molecule has 0 saturated heterocycles. The zero-order valence-electron chi connectivity index (χ0n) is 12.4. The van der Waals surface area contributed by atoms with Gasteiger partial charge in [-0.3, -0.25) is 0 Å². The van der Waals surface area contributed by atoms with E-state index in [0.29, 0.717) is 11.5 Å². The average molecular weight is 319 g/mol. The highest BCUT2D eigenvalue weighted by molar-refractivity contribution is 7.89. The van der Waals surface area contributed by atoms with Crippen LogP contribution in [0.15, 0.2) is 10.3 Å². The van der Waals surface area contributed by atoms with Crippen molar-refractivity contribution in [2.75, 3.05) is 7.05 Å². The molecule has 1 heterocycles. The molecule has 20 heavy (non-hydrogen) atoms. The molecule has 1 aromatic heterocycles. The summed E-state index contributed by atoms with van der Waals surface area (Å²) in [5, 5.41) is 10.7. The van der Waals surface area contributed by atoms with Crippen molar-refractivity contribution in [2.24, 2.45) is 5.92 Å². The van der Waals surface area contributed by atoms with Crippen LogP contribution in [-0.4, -0.2) is 36.9 Å². The highest BCUT2D eigenvalue weighted by Gasteiger charge is 2.32. The molecule has 1 atom stereocenters. The predicted molar refractivity (Wildman–Crippen MR) is 79.9 cm³/mol. The van der Waals surface area contributed by atoms with Crippen LogP contribution in [0.25, 0.3) is 0 Å². The van der Waals surface area contributed by atoms with E-state index in [-0.39, 0.29) is 15.8 Å². The van der Waals surface area contributed by atoms with Crippen molar-refractivity contribution in [3.05, 3.63) is 15.8 Å². The second-order valence-corrected chi connectivity index (χ2v) is 8.20. The average Bonchev–Trinajstić information content (AvgIpc) is 2.69. The maximum absolute atomic E-state index is 12.6. The summed E-state index contributed by atoms with van der Waals surface area (Å²) >= 11 is 0.949. The number of rotatable bonds is 6. The molecule has 1 rings (SSSR count). The summed E-state index contributed by atoms with van der Waals surface area (Å²) in [6.45, 7) is 7.50. The Morgan fingerprint density at radius 1 is 1.40 bits per heavy atom. The third-order valence-corrected chi connectivity index (χ3v) is 6.56. The highest BCUT2D eigenvalue weighted by atomic mass is 32.2. The molecule has 0 aromatic carbocycles.